The molecule has 1 amide bonds. The molecule has 1 heterocycles. The number of para-hydroxylation sites is 1. The zero-order valence-electron chi connectivity index (χ0n) is 13.7. The van der Waals surface area contributed by atoms with Crippen LogP contribution in [-0.2, 0) is 0 Å². The maximum Gasteiger partial charge on any atom is 0.291 e. The summed E-state index contributed by atoms with van der Waals surface area (Å²) in [6.07, 6.45) is 1.10. The van der Waals surface area contributed by atoms with Crippen molar-refractivity contribution in [3.63, 3.8) is 0 Å². The highest BCUT2D eigenvalue weighted by molar-refractivity contribution is 6.06. The van der Waals surface area contributed by atoms with Gasteiger partial charge in [0.2, 0.25) is 0 Å². The van der Waals surface area contributed by atoms with Crippen LogP contribution in [0.4, 0.5) is 5.69 Å². The third-order valence-electron chi connectivity index (χ3n) is 4.40. The van der Waals surface area contributed by atoms with Crippen molar-refractivity contribution in [2.24, 2.45) is 0 Å². The van der Waals surface area contributed by atoms with E-state index in [2.05, 4.69) is 31.3 Å². The van der Waals surface area contributed by atoms with Gasteiger partial charge in [-0.15, -0.1) is 0 Å². The highest BCUT2D eigenvalue weighted by Gasteiger charge is 2.17. The first kappa shape index (κ1) is 15.3. The minimum atomic E-state index is -0.213. The maximum atomic E-state index is 12.5. The molecular formula is C20H21NO2. The summed E-state index contributed by atoms with van der Waals surface area (Å²) in [6.45, 7) is 6.28. The molecule has 0 aliphatic carbocycles. The van der Waals surface area contributed by atoms with Gasteiger partial charge in [-0.25, -0.2) is 0 Å². The van der Waals surface area contributed by atoms with E-state index in [1.165, 1.54) is 5.56 Å². The fraction of sp³-hybridized carbons (Fsp3) is 0.250. The predicted octanol–water partition coefficient (Wildman–Crippen LogP) is 5.51. The van der Waals surface area contributed by atoms with E-state index < -0.39 is 0 Å². The van der Waals surface area contributed by atoms with Gasteiger partial charge >= 0.3 is 0 Å². The van der Waals surface area contributed by atoms with Crippen LogP contribution in [0.1, 0.15) is 47.9 Å². The Bertz CT molecular complexity index is 830. The van der Waals surface area contributed by atoms with Gasteiger partial charge in [-0.1, -0.05) is 44.2 Å². The minimum Gasteiger partial charge on any atom is -0.451 e. The average molecular weight is 307 g/mol. The van der Waals surface area contributed by atoms with Gasteiger partial charge in [0.05, 0.1) is 0 Å². The van der Waals surface area contributed by atoms with Crippen LogP contribution in [0.25, 0.3) is 11.0 Å². The van der Waals surface area contributed by atoms with Crippen molar-refractivity contribution < 1.29 is 9.21 Å². The third kappa shape index (κ3) is 3.00. The molecule has 0 unspecified atom stereocenters. The zero-order valence-corrected chi connectivity index (χ0v) is 13.7. The number of carbonyl (C=O) groups excluding carboxylic acids is 1. The van der Waals surface area contributed by atoms with E-state index in [1.54, 1.807) is 0 Å². The Morgan fingerprint density at radius 1 is 1.13 bits per heavy atom. The molecule has 0 saturated heterocycles. The van der Waals surface area contributed by atoms with Gasteiger partial charge in [0, 0.05) is 16.6 Å². The van der Waals surface area contributed by atoms with E-state index in [4.69, 9.17) is 4.42 Å². The van der Waals surface area contributed by atoms with Crippen molar-refractivity contribution in [1.29, 1.82) is 0 Å². The van der Waals surface area contributed by atoms with Gasteiger partial charge in [-0.05, 0) is 43.0 Å². The number of nitrogens with one attached hydrogen (secondary N) is 1. The molecule has 3 heteroatoms. The fourth-order valence-electron chi connectivity index (χ4n) is 2.71. The first-order valence-electron chi connectivity index (χ1n) is 7.99. The van der Waals surface area contributed by atoms with Crippen molar-refractivity contribution in [2.45, 2.75) is 33.1 Å². The summed E-state index contributed by atoms with van der Waals surface area (Å²) >= 11 is 0. The number of furan rings is 1. The molecule has 0 saturated carbocycles. The molecule has 1 aromatic heterocycles. The number of amides is 1. The molecule has 0 aliphatic heterocycles. The second-order valence-corrected chi connectivity index (χ2v) is 5.94. The molecule has 1 N–H and O–H groups in total. The van der Waals surface area contributed by atoms with Crippen LogP contribution in [-0.4, -0.2) is 5.91 Å². The molecule has 118 valence electrons. The summed E-state index contributed by atoms with van der Waals surface area (Å²) < 4.78 is 5.70. The molecule has 3 aromatic rings. The van der Waals surface area contributed by atoms with Crippen LogP contribution in [0, 0.1) is 6.92 Å². The summed E-state index contributed by atoms with van der Waals surface area (Å²) in [7, 11) is 0. The minimum absolute atomic E-state index is 0.213. The Labute approximate surface area is 136 Å². The number of carbonyl (C=O) groups is 1. The fourth-order valence-corrected chi connectivity index (χ4v) is 2.71. The number of hydrogen-bond donors (Lipinski definition) is 1. The molecule has 0 bridgehead atoms. The van der Waals surface area contributed by atoms with Gasteiger partial charge in [0.25, 0.3) is 5.91 Å². The number of benzene rings is 2. The van der Waals surface area contributed by atoms with Crippen LogP contribution in [0.15, 0.2) is 52.9 Å². The molecule has 0 radical (unpaired) electrons. The molecule has 0 spiro atoms. The molecule has 1 atom stereocenters. The molecule has 0 aliphatic rings. The van der Waals surface area contributed by atoms with Crippen LogP contribution >= 0.6 is 0 Å². The van der Waals surface area contributed by atoms with E-state index in [-0.39, 0.29) is 5.91 Å². The van der Waals surface area contributed by atoms with Gasteiger partial charge in [-0.3, -0.25) is 4.79 Å². The van der Waals surface area contributed by atoms with Gasteiger partial charge in [-0.2, -0.15) is 0 Å². The molecular weight excluding hydrogens is 286 g/mol. The number of aryl methyl sites for hydroxylation is 1. The Balaban J connectivity index is 1.82. The van der Waals surface area contributed by atoms with E-state index in [1.807, 2.05) is 43.3 Å². The number of fused-ring (bicyclic) bond motifs is 1. The third-order valence-corrected chi connectivity index (χ3v) is 4.40. The van der Waals surface area contributed by atoms with Crippen molar-refractivity contribution >= 4 is 22.6 Å². The molecule has 0 fully saturated rings. The molecule has 23 heavy (non-hydrogen) atoms. The lowest BCUT2D eigenvalue weighted by Gasteiger charge is -2.10. The van der Waals surface area contributed by atoms with Crippen LogP contribution in [0.2, 0.25) is 0 Å². The summed E-state index contributed by atoms with van der Waals surface area (Å²) in [5, 5.41) is 3.89. The van der Waals surface area contributed by atoms with E-state index >= 15 is 0 Å². The monoisotopic (exact) mass is 307 g/mol. The van der Waals surface area contributed by atoms with Crippen LogP contribution in [0.5, 0.6) is 0 Å². The smallest absolute Gasteiger partial charge is 0.291 e. The Hall–Kier alpha value is -2.55. The summed E-state index contributed by atoms with van der Waals surface area (Å²) in [5.41, 5.74) is 3.67. The van der Waals surface area contributed by atoms with Gasteiger partial charge in [0.1, 0.15) is 5.58 Å². The van der Waals surface area contributed by atoms with Gasteiger partial charge < -0.3 is 9.73 Å². The second-order valence-electron chi connectivity index (χ2n) is 5.94. The standard InChI is InChI=1S/C20H21NO2/c1-4-13(2)15-9-11-16(12-10-15)21-20(22)19-14(3)17-7-5-6-8-18(17)23-19/h5-13H,4H2,1-3H3,(H,21,22)/t13-/m1/s1. The van der Waals surface area contributed by atoms with Crippen LogP contribution in [0.3, 0.4) is 0 Å². The highest BCUT2D eigenvalue weighted by atomic mass is 16.3. The molecule has 3 rings (SSSR count). The van der Waals surface area contributed by atoms with Crippen molar-refractivity contribution in [1.82, 2.24) is 0 Å². The zero-order chi connectivity index (χ0) is 16.4. The number of rotatable bonds is 4. The summed E-state index contributed by atoms with van der Waals surface area (Å²) in [4.78, 5) is 12.5. The first-order chi connectivity index (χ1) is 11.1. The quantitative estimate of drug-likeness (QED) is 0.691. The van der Waals surface area contributed by atoms with Crippen molar-refractivity contribution in [2.75, 3.05) is 5.32 Å². The van der Waals surface area contributed by atoms with E-state index in [9.17, 15) is 4.79 Å². The van der Waals surface area contributed by atoms with E-state index in [0.29, 0.717) is 11.7 Å². The largest absolute Gasteiger partial charge is 0.451 e. The highest BCUT2D eigenvalue weighted by Crippen LogP contribution is 2.26. The normalized spacial score (nSPS) is 12.3. The SMILES string of the molecule is CC[C@@H](C)c1ccc(NC(=O)c2oc3ccccc3c2C)cc1. The lowest BCUT2D eigenvalue weighted by molar-refractivity contribution is 0.0998. The molecule has 2 aromatic carbocycles. The van der Waals surface area contributed by atoms with Crippen molar-refractivity contribution in [3.8, 4) is 0 Å². The van der Waals surface area contributed by atoms with E-state index in [0.717, 1.165) is 28.6 Å². The maximum absolute atomic E-state index is 12.5. The number of anilines is 1. The first-order valence-corrected chi connectivity index (χ1v) is 7.99. The Morgan fingerprint density at radius 2 is 1.83 bits per heavy atom. The summed E-state index contributed by atoms with van der Waals surface area (Å²) in [6, 6.07) is 15.7. The van der Waals surface area contributed by atoms with Crippen LogP contribution < -0.4 is 5.32 Å². The molecule has 3 nitrogen and oxygen atoms in total. The van der Waals surface area contributed by atoms with Crippen molar-refractivity contribution in [3.05, 3.63) is 65.4 Å². The topological polar surface area (TPSA) is 42.2 Å². The lowest BCUT2D eigenvalue weighted by atomic mass is 9.99. The van der Waals surface area contributed by atoms with Gasteiger partial charge in [0.15, 0.2) is 5.76 Å². The summed E-state index contributed by atoms with van der Waals surface area (Å²) in [5.74, 6) is 0.685. The predicted molar refractivity (Wildman–Crippen MR) is 94.1 cm³/mol. The second kappa shape index (κ2) is 6.29. The average Bonchev–Trinajstić information content (AvgIpc) is 2.92. The number of hydrogen-bond acceptors (Lipinski definition) is 2. The Morgan fingerprint density at radius 3 is 2.48 bits per heavy atom. The Kier molecular flexibility index (Phi) is 4.20. The lowest BCUT2D eigenvalue weighted by Crippen LogP contribution is -2.12.